The Balaban J connectivity index is 1.50. The van der Waals surface area contributed by atoms with E-state index in [1.807, 2.05) is 0 Å². The molecule has 0 fully saturated rings. The van der Waals surface area contributed by atoms with Crippen molar-refractivity contribution >= 4 is 23.0 Å². The molecule has 4 rings (SSSR count). The number of carbonyl (C=O) groups is 1. The van der Waals surface area contributed by atoms with Gasteiger partial charge < -0.3 is 19.8 Å². The molecule has 0 bridgehead atoms. The van der Waals surface area contributed by atoms with Crippen molar-refractivity contribution < 1.29 is 22.7 Å². The van der Waals surface area contributed by atoms with Gasteiger partial charge in [-0.3, -0.25) is 9.78 Å². The van der Waals surface area contributed by atoms with E-state index in [1.54, 1.807) is 24.3 Å². The maximum Gasteiger partial charge on any atom is 0.295 e. The highest BCUT2D eigenvalue weighted by Gasteiger charge is 2.11. The Bertz CT molecular complexity index is 1230. The minimum Gasteiger partial charge on any atom is -0.457 e. The number of halogens is 2. The molecule has 0 aliphatic carbocycles. The Morgan fingerprint density at radius 1 is 1.13 bits per heavy atom. The first-order valence-corrected chi connectivity index (χ1v) is 8.97. The van der Waals surface area contributed by atoms with E-state index in [2.05, 4.69) is 20.6 Å². The highest BCUT2D eigenvalue weighted by molar-refractivity contribution is 5.92. The molecule has 0 spiro atoms. The summed E-state index contributed by atoms with van der Waals surface area (Å²) in [5.41, 5.74) is 1.39. The highest BCUT2D eigenvalue weighted by atomic mass is 19.2. The SMILES string of the molecule is CNC(=O)c1cc(Oc2ccc3nc(NCc4cccc(F)c4F)oc3c2)ccn1. The zero-order valence-corrected chi connectivity index (χ0v) is 15.8. The van der Waals surface area contributed by atoms with Crippen molar-refractivity contribution in [1.82, 2.24) is 15.3 Å². The number of hydrogen-bond acceptors (Lipinski definition) is 6. The molecule has 0 atom stereocenters. The second-order valence-corrected chi connectivity index (χ2v) is 6.27. The molecule has 152 valence electrons. The van der Waals surface area contributed by atoms with E-state index in [1.165, 1.54) is 31.4 Å². The lowest BCUT2D eigenvalue weighted by Crippen LogP contribution is -2.18. The van der Waals surface area contributed by atoms with Crippen LogP contribution in [-0.2, 0) is 6.54 Å². The Kier molecular flexibility index (Phi) is 5.25. The first-order chi connectivity index (χ1) is 14.5. The summed E-state index contributed by atoms with van der Waals surface area (Å²) in [6.07, 6.45) is 1.47. The molecule has 2 heterocycles. The molecule has 4 aromatic rings. The summed E-state index contributed by atoms with van der Waals surface area (Å²) < 4.78 is 38.5. The number of benzene rings is 2. The van der Waals surface area contributed by atoms with Crippen LogP contribution in [0, 0.1) is 11.6 Å². The van der Waals surface area contributed by atoms with Crippen LogP contribution in [0.25, 0.3) is 11.1 Å². The Morgan fingerprint density at radius 3 is 2.80 bits per heavy atom. The predicted molar refractivity (Wildman–Crippen MR) is 105 cm³/mol. The number of nitrogens with zero attached hydrogens (tertiary/aromatic N) is 2. The number of oxazole rings is 1. The molecule has 9 heteroatoms. The van der Waals surface area contributed by atoms with Crippen LogP contribution in [0.3, 0.4) is 0 Å². The lowest BCUT2D eigenvalue weighted by atomic mass is 10.2. The molecular weight excluding hydrogens is 394 g/mol. The van der Waals surface area contributed by atoms with Gasteiger partial charge in [-0.1, -0.05) is 12.1 Å². The largest absolute Gasteiger partial charge is 0.457 e. The third kappa shape index (κ3) is 4.04. The van der Waals surface area contributed by atoms with Gasteiger partial charge in [0.15, 0.2) is 17.2 Å². The minimum absolute atomic E-state index is 0.0130. The average molecular weight is 410 g/mol. The second kappa shape index (κ2) is 8.16. The summed E-state index contributed by atoms with van der Waals surface area (Å²) in [4.78, 5) is 19.9. The Morgan fingerprint density at radius 2 is 1.97 bits per heavy atom. The van der Waals surface area contributed by atoms with Crippen molar-refractivity contribution in [3.8, 4) is 11.5 Å². The fraction of sp³-hybridized carbons (Fsp3) is 0.0952. The summed E-state index contributed by atoms with van der Waals surface area (Å²) in [7, 11) is 1.52. The molecule has 0 aliphatic heterocycles. The molecule has 2 aromatic carbocycles. The molecule has 0 saturated carbocycles. The second-order valence-electron chi connectivity index (χ2n) is 6.27. The van der Waals surface area contributed by atoms with E-state index in [0.29, 0.717) is 22.6 Å². The number of carbonyl (C=O) groups excluding carboxylic acids is 1. The van der Waals surface area contributed by atoms with Crippen LogP contribution >= 0.6 is 0 Å². The van der Waals surface area contributed by atoms with Gasteiger partial charge in [0, 0.05) is 37.5 Å². The van der Waals surface area contributed by atoms with Gasteiger partial charge in [-0.25, -0.2) is 8.78 Å². The van der Waals surface area contributed by atoms with Gasteiger partial charge in [-0.05, 0) is 24.3 Å². The molecule has 2 aromatic heterocycles. The van der Waals surface area contributed by atoms with E-state index in [-0.39, 0.29) is 29.7 Å². The summed E-state index contributed by atoms with van der Waals surface area (Å²) in [6, 6.07) is 12.3. The van der Waals surface area contributed by atoms with E-state index in [0.717, 1.165) is 6.07 Å². The van der Waals surface area contributed by atoms with Gasteiger partial charge in [-0.2, -0.15) is 4.98 Å². The van der Waals surface area contributed by atoms with Gasteiger partial charge in [0.2, 0.25) is 0 Å². The normalized spacial score (nSPS) is 10.8. The Hall–Kier alpha value is -4.01. The maximum atomic E-state index is 13.8. The molecule has 30 heavy (non-hydrogen) atoms. The summed E-state index contributed by atoms with van der Waals surface area (Å²) in [5.74, 6) is -1.25. The monoisotopic (exact) mass is 410 g/mol. The van der Waals surface area contributed by atoms with Gasteiger partial charge in [-0.15, -0.1) is 0 Å². The van der Waals surface area contributed by atoms with Gasteiger partial charge in [0.1, 0.15) is 22.7 Å². The van der Waals surface area contributed by atoms with Gasteiger partial charge >= 0.3 is 0 Å². The number of aromatic nitrogens is 2. The summed E-state index contributed by atoms with van der Waals surface area (Å²) in [5, 5.41) is 5.33. The van der Waals surface area contributed by atoms with E-state index in [9.17, 15) is 13.6 Å². The summed E-state index contributed by atoms with van der Waals surface area (Å²) >= 11 is 0. The summed E-state index contributed by atoms with van der Waals surface area (Å²) in [6.45, 7) is 0.0130. The topological polar surface area (TPSA) is 89.3 Å². The van der Waals surface area contributed by atoms with Crippen LogP contribution in [0.5, 0.6) is 11.5 Å². The van der Waals surface area contributed by atoms with Gasteiger partial charge in [0.25, 0.3) is 11.9 Å². The zero-order valence-electron chi connectivity index (χ0n) is 15.8. The van der Waals surface area contributed by atoms with Crippen LogP contribution in [0.1, 0.15) is 16.1 Å². The third-order valence-corrected chi connectivity index (χ3v) is 4.25. The lowest BCUT2D eigenvalue weighted by molar-refractivity contribution is 0.0958. The van der Waals surface area contributed by atoms with Crippen molar-refractivity contribution in [1.29, 1.82) is 0 Å². The van der Waals surface area contributed by atoms with E-state index >= 15 is 0 Å². The fourth-order valence-corrected chi connectivity index (χ4v) is 2.76. The van der Waals surface area contributed by atoms with Crippen molar-refractivity contribution in [2.24, 2.45) is 0 Å². The van der Waals surface area contributed by atoms with Crippen LogP contribution < -0.4 is 15.4 Å². The number of hydrogen-bond donors (Lipinski definition) is 2. The third-order valence-electron chi connectivity index (χ3n) is 4.25. The quantitative estimate of drug-likeness (QED) is 0.494. The lowest BCUT2D eigenvalue weighted by Gasteiger charge is -2.06. The van der Waals surface area contributed by atoms with Crippen molar-refractivity contribution in [3.63, 3.8) is 0 Å². The number of rotatable bonds is 6. The van der Waals surface area contributed by atoms with Crippen molar-refractivity contribution in [2.45, 2.75) is 6.54 Å². The molecular formula is C21H16F2N4O3. The molecule has 2 N–H and O–H groups in total. The number of amides is 1. The molecule has 0 radical (unpaired) electrons. The Labute approximate surface area is 169 Å². The molecule has 0 aliphatic rings. The number of pyridine rings is 1. The van der Waals surface area contributed by atoms with Crippen molar-refractivity contribution in [3.05, 3.63) is 77.6 Å². The zero-order chi connectivity index (χ0) is 21.1. The van der Waals surface area contributed by atoms with Gasteiger partial charge in [0.05, 0.1) is 0 Å². The average Bonchev–Trinajstić information content (AvgIpc) is 3.16. The fourth-order valence-electron chi connectivity index (χ4n) is 2.76. The van der Waals surface area contributed by atoms with Crippen LogP contribution in [0.4, 0.5) is 14.8 Å². The minimum atomic E-state index is -0.913. The number of nitrogens with one attached hydrogen (secondary N) is 2. The standard InChI is InChI=1S/C21H16F2N4O3/c1-24-20(28)17-9-14(7-8-25-17)29-13-5-6-16-18(10-13)30-21(27-16)26-11-12-3-2-4-15(22)19(12)23/h2-10H,11H2,1H3,(H,24,28)(H,26,27). The maximum absolute atomic E-state index is 13.8. The molecule has 7 nitrogen and oxygen atoms in total. The van der Waals surface area contributed by atoms with Crippen LogP contribution in [0.2, 0.25) is 0 Å². The highest BCUT2D eigenvalue weighted by Crippen LogP contribution is 2.28. The molecule has 0 saturated heterocycles. The van der Waals surface area contributed by atoms with Crippen LogP contribution in [-0.4, -0.2) is 22.9 Å². The number of ether oxygens (including phenoxy) is 1. The predicted octanol–water partition coefficient (Wildman–Crippen LogP) is 4.27. The first-order valence-electron chi connectivity index (χ1n) is 8.97. The first kappa shape index (κ1) is 19.3. The van der Waals surface area contributed by atoms with E-state index in [4.69, 9.17) is 9.15 Å². The van der Waals surface area contributed by atoms with Crippen LogP contribution in [0.15, 0.2) is 59.1 Å². The number of anilines is 1. The van der Waals surface area contributed by atoms with Crippen molar-refractivity contribution in [2.75, 3.05) is 12.4 Å². The smallest absolute Gasteiger partial charge is 0.295 e. The van der Waals surface area contributed by atoms with E-state index < -0.39 is 11.6 Å². The number of fused-ring (bicyclic) bond motifs is 1. The molecule has 0 unspecified atom stereocenters. The molecule has 1 amide bonds.